The highest BCUT2D eigenvalue weighted by Gasteiger charge is 2.13. The SMILES string of the molecule is COc1ccccc1NC(=O)Cn1nncc1CC(=O)O. The van der Waals surface area contributed by atoms with Gasteiger partial charge in [0.25, 0.3) is 0 Å². The van der Waals surface area contributed by atoms with Gasteiger partial charge in [0.15, 0.2) is 0 Å². The van der Waals surface area contributed by atoms with Crippen molar-refractivity contribution in [3.63, 3.8) is 0 Å². The van der Waals surface area contributed by atoms with Gasteiger partial charge in [-0.05, 0) is 12.1 Å². The molecule has 0 bridgehead atoms. The molecule has 0 radical (unpaired) electrons. The molecule has 8 nitrogen and oxygen atoms in total. The Balaban J connectivity index is 2.05. The first-order chi connectivity index (χ1) is 10.1. The smallest absolute Gasteiger partial charge is 0.309 e. The van der Waals surface area contributed by atoms with Crippen LogP contribution in [0.15, 0.2) is 30.5 Å². The molecule has 1 amide bonds. The number of ether oxygens (including phenoxy) is 1. The van der Waals surface area contributed by atoms with Crippen molar-refractivity contribution in [3.05, 3.63) is 36.2 Å². The number of carbonyl (C=O) groups excluding carboxylic acids is 1. The van der Waals surface area contributed by atoms with Crippen LogP contribution in [0.5, 0.6) is 5.75 Å². The number of carboxylic acid groups (broad SMARTS) is 1. The topological polar surface area (TPSA) is 106 Å². The number of para-hydroxylation sites is 2. The van der Waals surface area contributed by atoms with Gasteiger partial charge in [-0.2, -0.15) is 0 Å². The molecule has 0 saturated carbocycles. The number of anilines is 1. The lowest BCUT2D eigenvalue weighted by atomic mass is 10.3. The fourth-order valence-electron chi connectivity index (χ4n) is 1.78. The van der Waals surface area contributed by atoms with E-state index in [1.807, 2.05) is 0 Å². The average Bonchev–Trinajstić information content (AvgIpc) is 2.85. The van der Waals surface area contributed by atoms with E-state index in [2.05, 4.69) is 15.6 Å². The summed E-state index contributed by atoms with van der Waals surface area (Å²) in [6.07, 6.45) is 1.08. The lowest BCUT2D eigenvalue weighted by Gasteiger charge is -2.10. The molecule has 0 aliphatic rings. The van der Waals surface area contributed by atoms with Crippen molar-refractivity contribution in [1.29, 1.82) is 0 Å². The Kier molecular flexibility index (Phi) is 4.50. The number of hydrogen-bond donors (Lipinski definition) is 2. The molecule has 0 aliphatic carbocycles. The lowest BCUT2D eigenvalue weighted by molar-refractivity contribution is -0.136. The Morgan fingerprint density at radius 2 is 2.14 bits per heavy atom. The zero-order chi connectivity index (χ0) is 15.2. The summed E-state index contributed by atoms with van der Waals surface area (Å²) in [5.41, 5.74) is 0.891. The monoisotopic (exact) mass is 290 g/mol. The Hall–Kier alpha value is -2.90. The van der Waals surface area contributed by atoms with Gasteiger partial charge in [-0.3, -0.25) is 9.59 Å². The molecule has 0 fully saturated rings. The molecule has 0 unspecified atom stereocenters. The van der Waals surface area contributed by atoms with Crippen LogP contribution in [0.3, 0.4) is 0 Å². The van der Waals surface area contributed by atoms with Crippen LogP contribution in [0, 0.1) is 0 Å². The van der Waals surface area contributed by atoms with E-state index in [1.54, 1.807) is 24.3 Å². The van der Waals surface area contributed by atoms with Crippen molar-refractivity contribution in [1.82, 2.24) is 15.0 Å². The van der Waals surface area contributed by atoms with Crippen LogP contribution < -0.4 is 10.1 Å². The van der Waals surface area contributed by atoms with Crippen LogP contribution >= 0.6 is 0 Å². The van der Waals surface area contributed by atoms with Crippen molar-refractivity contribution in [2.45, 2.75) is 13.0 Å². The van der Waals surface area contributed by atoms with Crippen LogP contribution in [0.2, 0.25) is 0 Å². The van der Waals surface area contributed by atoms with Gasteiger partial charge in [-0.15, -0.1) is 5.10 Å². The number of aromatic nitrogens is 3. The molecule has 1 aromatic heterocycles. The maximum absolute atomic E-state index is 12.0. The molecule has 0 saturated heterocycles. The standard InChI is InChI=1S/C13H14N4O4/c1-21-11-5-3-2-4-10(11)15-12(18)8-17-9(6-13(19)20)7-14-16-17/h2-5,7H,6,8H2,1H3,(H,15,18)(H,19,20). The molecule has 1 aromatic carbocycles. The number of rotatable bonds is 6. The summed E-state index contributed by atoms with van der Waals surface area (Å²) in [4.78, 5) is 22.7. The fourth-order valence-corrected chi connectivity index (χ4v) is 1.78. The summed E-state index contributed by atoms with van der Waals surface area (Å²) in [6.45, 7) is -0.124. The van der Waals surface area contributed by atoms with Gasteiger partial charge in [0.05, 0.1) is 31.1 Å². The van der Waals surface area contributed by atoms with Crippen LogP contribution in [-0.4, -0.2) is 39.1 Å². The third kappa shape index (κ3) is 3.78. The molecule has 0 spiro atoms. The fraction of sp³-hybridized carbons (Fsp3) is 0.231. The number of carbonyl (C=O) groups is 2. The van der Waals surface area contributed by atoms with E-state index in [4.69, 9.17) is 9.84 Å². The molecule has 2 rings (SSSR count). The van der Waals surface area contributed by atoms with Crippen molar-refractivity contribution in [2.75, 3.05) is 12.4 Å². The van der Waals surface area contributed by atoms with E-state index in [0.29, 0.717) is 17.1 Å². The normalized spacial score (nSPS) is 10.1. The van der Waals surface area contributed by atoms with E-state index in [1.165, 1.54) is 18.0 Å². The Morgan fingerprint density at radius 1 is 1.38 bits per heavy atom. The summed E-state index contributed by atoms with van der Waals surface area (Å²) in [7, 11) is 1.51. The van der Waals surface area contributed by atoms with E-state index >= 15 is 0 Å². The first-order valence-corrected chi connectivity index (χ1v) is 6.12. The van der Waals surface area contributed by atoms with E-state index in [9.17, 15) is 9.59 Å². The number of carboxylic acids is 1. The molecule has 110 valence electrons. The van der Waals surface area contributed by atoms with Crippen LogP contribution in [0.25, 0.3) is 0 Å². The molecular formula is C13H14N4O4. The number of methoxy groups -OCH3 is 1. The average molecular weight is 290 g/mol. The van der Waals surface area contributed by atoms with Crippen molar-refractivity contribution >= 4 is 17.6 Å². The summed E-state index contributed by atoms with van der Waals surface area (Å²) in [5, 5.41) is 18.8. The molecule has 2 aromatic rings. The molecule has 0 aliphatic heterocycles. The molecule has 21 heavy (non-hydrogen) atoms. The highest BCUT2D eigenvalue weighted by atomic mass is 16.5. The van der Waals surface area contributed by atoms with Gasteiger partial charge in [-0.25, -0.2) is 4.68 Å². The number of nitrogens with one attached hydrogen (secondary N) is 1. The number of benzene rings is 1. The highest BCUT2D eigenvalue weighted by Crippen LogP contribution is 2.22. The zero-order valence-corrected chi connectivity index (χ0v) is 11.3. The summed E-state index contributed by atoms with van der Waals surface area (Å²) in [5.74, 6) is -0.824. The second kappa shape index (κ2) is 6.51. The quantitative estimate of drug-likeness (QED) is 0.804. The van der Waals surface area contributed by atoms with Crippen LogP contribution in [0.4, 0.5) is 5.69 Å². The first-order valence-electron chi connectivity index (χ1n) is 6.12. The molecular weight excluding hydrogens is 276 g/mol. The predicted molar refractivity (Wildman–Crippen MR) is 73.0 cm³/mol. The Morgan fingerprint density at radius 3 is 2.86 bits per heavy atom. The van der Waals surface area contributed by atoms with Gasteiger partial charge in [0.1, 0.15) is 12.3 Å². The van der Waals surface area contributed by atoms with Gasteiger partial charge in [-0.1, -0.05) is 17.3 Å². The maximum Gasteiger partial charge on any atom is 0.309 e. The van der Waals surface area contributed by atoms with Crippen molar-refractivity contribution in [2.24, 2.45) is 0 Å². The van der Waals surface area contributed by atoms with Gasteiger partial charge < -0.3 is 15.2 Å². The van der Waals surface area contributed by atoms with Gasteiger partial charge >= 0.3 is 5.97 Å². The number of nitrogens with zero attached hydrogens (tertiary/aromatic N) is 3. The summed E-state index contributed by atoms with van der Waals surface area (Å²) >= 11 is 0. The maximum atomic E-state index is 12.0. The second-order valence-electron chi connectivity index (χ2n) is 4.20. The largest absolute Gasteiger partial charge is 0.495 e. The highest BCUT2D eigenvalue weighted by molar-refractivity contribution is 5.92. The minimum absolute atomic E-state index is 0.124. The second-order valence-corrected chi connectivity index (χ2v) is 4.20. The first kappa shape index (κ1) is 14.5. The van der Waals surface area contributed by atoms with Gasteiger partial charge in [0.2, 0.25) is 5.91 Å². The molecule has 8 heteroatoms. The van der Waals surface area contributed by atoms with Crippen molar-refractivity contribution < 1.29 is 19.4 Å². The number of aliphatic carboxylic acids is 1. The van der Waals surface area contributed by atoms with E-state index in [0.717, 1.165) is 0 Å². The third-order valence-corrected chi connectivity index (χ3v) is 2.70. The van der Waals surface area contributed by atoms with Crippen LogP contribution in [-0.2, 0) is 22.6 Å². The summed E-state index contributed by atoms with van der Waals surface area (Å²) < 4.78 is 6.38. The predicted octanol–water partition coefficient (Wildman–Crippen LogP) is 0.552. The Labute approximate surface area is 120 Å². The molecule has 1 heterocycles. The molecule has 0 atom stereocenters. The lowest BCUT2D eigenvalue weighted by Crippen LogP contribution is -2.22. The molecule has 2 N–H and O–H groups in total. The van der Waals surface area contributed by atoms with E-state index in [-0.39, 0.29) is 18.9 Å². The van der Waals surface area contributed by atoms with E-state index < -0.39 is 5.97 Å². The minimum atomic E-state index is -1.01. The van der Waals surface area contributed by atoms with Gasteiger partial charge in [0, 0.05) is 0 Å². The number of hydrogen-bond acceptors (Lipinski definition) is 5. The van der Waals surface area contributed by atoms with Crippen molar-refractivity contribution in [3.8, 4) is 5.75 Å². The Bertz CT molecular complexity index is 653. The van der Waals surface area contributed by atoms with Crippen LogP contribution in [0.1, 0.15) is 5.69 Å². The minimum Gasteiger partial charge on any atom is -0.495 e. The summed E-state index contributed by atoms with van der Waals surface area (Å²) in [6, 6.07) is 6.98. The number of amides is 1. The zero-order valence-electron chi connectivity index (χ0n) is 11.3. The third-order valence-electron chi connectivity index (χ3n) is 2.70.